The number of hydrogen-bond acceptors (Lipinski definition) is 3. The molecule has 0 aliphatic rings. The van der Waals surface area contributed by atoms with Crippen molar-refractivity contribution in [2.45, 2.75) is 13.8 Å². The lowest BCUT2D eigenvalue weighted by molar-refractivity contribution is 0.110. The topological polar surface area (TPSA) is 44.5 Å². The fraction of sp³-hybridized carbons (Fsp3) is 0.455. The molecule has 0 aliphatic carbocycles. The third-order valence-electron chi connectivity index (χ3n) is 1.98. The number of nitrogens with two attached hydrogens (primary N) is 1. The van der Waals surface area contributed by atoms with Gasteiger partial charge in [-0.3, -0.25) is 0 Å². The molecule has 1 aromatic carbocycles. The quantitative estimate of drug-likeness (QED) is 0.602. The molecule has 0 saturated carbocycles. The van der Waals surface area contributed by atoms with E-state index in [-0.39, 0.29) is 5.82 Å². The Hall–Kier alpha value is -1.29. The number of halogens is 1. The van der Waals surface area contributed by atoms with Gasteiger partial charge in [-0.2, -0.15) is 0 Å². The highest BCUT2D eigenvalue weighted by Crippen LogP contribution is 2.24. The average molecular weight is 213 g/mol. The van der Waals surface area contributed by atoms with Crippen LogP contribution in [0.25, 0.3) is 0 Å². The summed E-state index contributed by atoms with van der Waals surface area (Å²) in [4.78, 5) is 0. The molecule has 1 aromatic rings. The van der Waals surface area contributed by atoms with Crippen LogP contribution in [0.15, 0.2) is 12.1 Å². The normalized spacial score (nSPS) is 10.3. The summed E-state index contributed by atoms with van der Waals surface area (Å²) in [7, 11) is 0. The van der Waals surface area contributed by atoms with Crippen LogP contribution in [0.4, 0.5) is 10.1 Å². The van der Waals surface area contributed by atoms with Gasteiger partial charge >= 0.3 is 0 Å². The molecule has 4 heteroatoms. The summed E-state index contributed by atoms with van der Waals surface area (Å²) in [6, 6.07) is 2.86. The van der Waals surface area contributed by atoms with E-state index in [2.05, 4.69) is 0 Å². The molecule has 84 valence electrons. The van der Waals surface area contributed by atoms with Gasteiger partial charge in [0.25, 0.3) is 0 Å². The number of aryl methyl sites for hydroxylation is 1. The highest BCUT2D eigenvalue weighted by Gasteiger charge is 2.05. The van der Waals surface area contributed by atoms with Crippen LogP contribution in [0, 0.1) is 12.7 Å². The molecule has 0 aliphatic heterocycles. The van der Waals surface area contributed by atoms with Crippen molar-refractivity contribution >= 4 is 5.69 Å². The smallest absolute Gasteiger partial charge is 0.142 e. The van der Waals surface area contributed by atoms with Gasteiger partial charge in [0.2, 0.25) is 0 Å². The average Bonchev–Trinajstić information content (AvgIpc) is 2.20. The number of rotatable bonds is 5. The summed E-state index contributed by atoms with van der Waals surface area (Å²) in [5.41, 5.74) is 6.44. The lowest BCUT2D eigenvalue weighted by atomic mass is 10.2. The molecular weight excluding hydrogens is 197 g/mol. The Balaban J connectivity index is 2.57. The van der Waals surface area contributed by atoms with Crippen LogP contribution in [-0.2, 0) is 4.74 Å². The monoisotopic (exact) mass is 213 g/mol. The van der Waals surface area contributed by atoms with Gasteiger partial charge in [-0.15, -0.1) is 0 Å². The van der Waals surface area contributed by atoms with Crippen LogP contribution in [0.3, 0.4) is 0 Å². The van der Waals surface area contributed by atoms with E-state index in [1.165, 1.54) is 6.07 Å². The summed E-state index contributed by atoms with van der Waals surface area (Å²) in [5, 5.41) is 0. The molecule has 3 nitrogen and oxygen atoms in total. The number of benzene rings is 1. The van der Waals surface area contributed by atoms with Gasteiger partial charge in [-0.25, -0.2) is 4.39 Å². The number of hydrogen-bond donors (Lipinski definition) is 1. The van der Waals surface area contributed by atoms with Crippen molar-refractivity contribution in [3.8, 4) is 5.75 Å². The van der Waals surface area contributed by atoms with Gasteiger partial charge in [0.15, 0.2) is 0 Å². The maximum atomic E-state index is 13.0. The molecule has 0 heterocycles. The molecule has 0 radical (unpaired) electrons. The highest BCUT2D eigenvalue weighted by atomic mass is 19.1. The van der Waals surface area contributed by atoms with Gasteiger partial charge < -0.3 is 15.2 Å². The van der Waals surface area contributed by atoms with E-state index in [1.807, 2.05) is 6.92 Å². The van der Waals surface area contributed by atoms with Gasteiger partial charge in [-0.05, 0) is 25.5 Å². The Morgan fingerprint density at radius 3 is 2.73 bits per heavy atom. The minimum Gasteiger partial charge on any atom is -0.489 e. The molecule has 0 saturated heterocycles. The van der Waals surface area contributed by atoms with Crippen molar-refractivity contribution in [1.82, 2.24) is 0 Å². The first-order valence-electron chi connectivity index (χ1n) is 4.91. The van der Waals surface area contributed by atoms with Gasteiger partial charge in [-0.1, -0.05) is 0 Å². The van der Waals surface area contributed by atoms with Gasteiger partial charge in [0, 0.05) is 12.7 Å². The molecular formula is C11H16FNO2. The van der Waals surface area contributed by atoms with Crippen molar-refractivity contribution in [3.63, 3.8) is 0 Å². The zero-order valence-corrected chi connectivity index (χ0v) is 9.05. The lowest BCUT2D eigenvalue weighted by Gasteiger charge is -2.10. The second-order valence-corrected chi connectivity index (χ2v) is 3.18. The predicted octanol–water partition coefficient (Wildman–Crippen LogP) is 2.13. The third kappa shape index (κ3) is 3.40. The van der Waals surface area contributed by atoms with Crippen LogP contribution in [0.2, 0.25) is 0 Å². The van der Waals surface area contributed by atoms with Gasteiger partial charge in [0.1, 0.15) is 18.2 Å². The summed E-state index contributed by atoms with van der Waals surface area (Å²) < 4.78 is 23.5. The fourth-order valence-electron chi connectivity index (χ4n) is 1.15. The van der Waals surface area contributed by atoms with Crippen molar-refractivity contribution in [1.29, 1.82) is 0 Å². The van der Waals surface area contributed by atoms with E-state index in [0.717, 1.165) is 0 Å². The summed E-state index contributed by atoms with van der Waals surface area (Å²) >= 11 is 0. The Bertz CT molecular complexity index is 329. The predicted molar refractivity (Wildman–Crippen MR) is 57.5 cm³/mol. The number of nitrogen functional groups attached to an aromatic ring is 1. The molecule has 0 atom stereocenters. The number of ether oxygens (including phenoxy) is 2. The largest absolute Gasteiger partial charge is 0.489 e. The Labute approximate surface area is 89.0 Å². The zero-order valence-electron chi connectivity index (χ0n) is 9.05. The second-order valence-electron chi connectivity index (χ2n) is 3.18. The lowest BCUT2D eigenvalue weighted by Crippen LogP contribution is -2.08. The maximum Gasteiger partial charge on any atom is 0.142 e. The van der Waals surface area contributed by atoms with Crippen molar-refractivity contribution in [2.24, 2.45) is 0 Å². The van der Waals surface area contributed by atoms with E-state index in [4.69, 9.17) is 15.2 Å². The maximum absolute atomic E-state index is 13.0. The molecule has 1 rings (SSSR count). The van der Waals surface area contributed by atoms with E-state index in [9.17, 15) is 4.39 Å². The summed E-state index contributed by atoms with van der Waals surface area (Å²) in [5.74, 6) is 0.193. The Morgan fingerprint density at radius 1 is 1.33 bits per heavy atom. The van der Waals surface area contributed by atoms with Gasteiger partial charge in [0.05, 0.1) is 12.3 Å². The summed E-state index contributed by atoms with van der Waals surface area (Å²) in [6.45, 7) is 5.16. The molecule has 0 bridgehead atoms. The molecule has 15 heavy (non-hydrogen) atoms. The number of anilines is 1. The minimum absolute atomic E-state index is 0.314. The second kappa shape index (κ2) is 5.56. The van der Waals surface area contributed by atoms with E-state index in [0.29, 0.717) is 36.8 Å². The first kappa shape index (κ1) is 11.8. The molecule has 0 spiro atoms. The van der Waals surface area contributed by atoms with Crippen LogP contribution in [0.5, 0.6) is 5.75 Å². The summed E-state index contributed by atoms with van der Waals surface area (Å²) in [6.07, 6.45) is 0. The van der Waals surface area contributed by atoms with E-state index >= 15 is 0 Å². The fourth-order valence-corrected chi connectivity index (χ4v) is 1.15. The van der Waals surface area contributed by atoms with Crippen molar-refractivity contribution in [3.05, 3.63) is 23.5 Å². The van der Waals surface area contributed by atoms with Crippen LogP contribution < -0.4 is 10.5 Å². The van der Waals surface area contributed by atoms with E-state index in [1.54, 1.807) is 13.0 Å². The molecule has 0 amide bonds. The third-order valence-corrected chi connectivity index (χ3v) is 1.98. The molecule has 2 N–H and O–H groups in total. The molecule has 0 aromatic heterocycles. The van der Waals surface area contributed by atoms with E-state index < -0.39 is 0 Å². The minimum atomic E-state index is -0.315. The van der Waals surface area contributed by atoms with Crippen LogP contribution >= 0.6 is 0 Å². The molecule has 0 unspecified atom stereocenters. The zero-order chi connectivity index (χ0) is 11.3. The van der Waals surface area contributed by atoms with Crippen LogP contribution in [-0.4, -0.2) is 19.8 Å². The van der Waals surface area contributed by atoms with Crippen molar-refractivity contribution < 1.29 is 13.9 Å². The molecule has 0 fully saturated rings. The highest BCUT2D eigenvalue weighted by molar-refractivity contribution is 5.54. The Morgan fingerprint density at radius 2 is 2.07 bits per heavy atom. The Kier molecular flexibility index (Phi) is 4.37. The standard InChI is InChI=1S/C11H16FNO2/c1-3-14-4-5-15-11-6-8(2)9(12)7-10(11)13/h6-7H,3-5,13H2,1-2H3. The van der Waals surface area contributed by atoms with Crippen molar-refractivity contribution in [2.75, 3.05) is 25.6 Å². The SMILES string of the molecule is CCOCCOc1cc(C)c(F)cc1N. The first-order valence-corrected chi connectivity index (χ1v) is 4.91. The van der Waals surface area contributed by atoms with Crippen LogP contribution in [0.1, 0.15) is 12.5 Å². The first-order chi connectivity index (χ1) is 7.15.